The summed E-state index contributed by atoms with van der Waals surface area (Å²) in [7, 11) is 0. The lowest BCUT2D eigenvalue weighted by molar-refractivity contribution is 0.0472. The van der Waals surface area contributed by atoms with Gasteiger partial charge < -0.3 is 10.5 Å². The van der Waals surface area contributed by atoms with Gasteiger partial charge in [0.2, 0.25) is 0 Å². The fourth-order valence-electron chi connectivity index (χ4n) is 1.88. The van der Waals surface area contributed by atoms with Crippen LogP contribution in [0.5, 0.6) is 0 Å². The average molecular weight is 290 g/mol. The van der Waals surface area contributed by atoms with Crippen LogP contribution in [0, 0.1) is 0 Å². The molecule has 0 aliphatic heterocycles. The number of benzene rings is 2. The first-order valence-electron chi connectivity index (χ1n) is 6.39. The third kappa shape index (κ3) is 4.08. The van der Waals surface area contributed by atoms with Crippen molar-refractivity contribution in [3.8, 4) is 0 Å². The predicted octanol–water partition coefficient (Wildman–Crippen LogP) is 3.20. The topological polar surface area (TPSA) is 52.3 Å². The summed E-state index contributed by atoms with van der Waals surface area (Å²) in [5.41, 5.74) is 7.94. The van der Waals surface area contributed by atoms with Crippen molar-refractivity contribution in [2.75, 3.05) is 6.54 Å². The third-order valence-electron chi connectivity index (χ3n) is 2.85. The predicted molar refractivity (Wildman–Crippen MR) is 79.8 cm³/mol. The van der Waals surface area contributed by atoms with E-state index in [9.17, 15) is 4.79 Å². The van der Waals surface area contributed by atoms with Gasteiger partial charge in [0.15, 0.2) is 0 Å². The highest BCUT2D eigenvalue weighted by molar-refractivity contribution is 6.30. The van der Waals surface area contributed by atoms with Crippen LogP contribution in [0.4, 0.5) is 0 Å². The van der Waals surface area contributed by atoms with Gasteiger partial charge in [0.25, 0.3) is 0 Å². The van der Waals surface area contributed by atoms with E-state index < -0.39 is 0 Å². The summed E-state index contributed by atoms with van der Waals surface area (Å²) in [5.74, 6) is -0.344. The van der Waals surface area contributed by atoms with Crippen molar-refractivity contribution >= 4 is 17.6 Å². The Hall–Kier alpha value is -1.84. The normalized spacial score (nSPS) is 10.3. The first-order valence-corrected chi connectivity index (χ1v) is 6.77. The number of hydrogen-bond donors (Lipinski definition) is 1. The number of hydrogen-bond acceptors (Lipinski definition) is 3. The highest BCUT2D eigenvalue weighted by Gasteiger charge is 2.08. The second-order valence-corrected chi connectivity index (χ2v) is 4.88. The molecule has 0 saturated heterocycles. The Balaban J connectivity index is 1.99. The SMILES string of the molecule is NCCc1cccc(C(=O)OCc2cccc(Cl)c2)c1. The van der Waals surface area contributed by atoms with E-state index in [0.717, 1.165) is 17.5 Å². The van der Waals surface area contributed by atoms with E-state index in [0.29, 0.717) is 17.1 Å². The molecule has 3 nitrogen and oxygen atoms in total. The molecule has 0 aliphatic carbocycles. The van der Waals surface area contributed by atoms with Gasteiger partial charge in [0, 0.05) is 5.02 Å². The number of esters is 1. The molecule has 0 saturated carbocycles. The van der Waals surface area contributed by atoms with Crippen LogP contribution in [-0.2, 0) is 17.8 Å². The zero-order valence-electron chi connectivity index (χ0n) is 11.0. The number of carbonyl (C=O) groups excluding carboxylic acids is 1. The van der Waals surface area contributed by atoms with Gasteiger partial charge in [-0.2, -0.15) is 0 Å². The first-order chi connectivity index (χ1) is 9.69. The van der Waals surface area contributed by atoms with Gasteiger partial charge in [-0.15, -0.1) is 0 Å². The summed E-state index contributed by atoms with van der Waals surface area (Å²) >= 11 is 5.88. The zero-order valence-corrected chi connectivity index (χ0v) is 11.8. The summed E-state index contributed by atoms with van der Waals surface area (Å²) in [6, 6.07) is 14.6. The lowest BCUT2D eigenvalue weighted by atomic mass is 10.1. The molecule has 4 heteroatoms. The molecular formula is C16H16ClNO2. The number of rotatable bonds is 5. The Morgan fingerprint density at radius 3 is 2.60 bits per heavy atom. The van der Waals surface area contributed by atoms with Crippen LogP contribution in [-0.4, -0.2) is 12.5 Å². The van der Waals surface area contributed by atoms with E-state index in [4.69, 9.17) is 22.1 Å². The minimum absolute atomic E-state index is 0.209. The van der Waals surface area contributed by atoms with Crippen LogP contribution in [0.2, 0.25) is 5.02 Å². The maximum atomic E-state index is 12.0. The molecule has 104 valence electrons. The molecule has 0 bridgehead atoms. The largest absolute Gasteiger partial charge is 0.457 e. The summed E-state index contributed by atoms with van der Waals surface area (Å²) in [6.07, 6.45) is 0.745. The van der Waals surface area contributed by atoms with Crippen molar-refractivity contribution in [1.82, 2.24) is 0 Å². The fraction of sp³-hybridized carbons (Fsp3) is 0.188. The van der Waals surface area contributed by atoms with Crippen molar-refractivity contribution in [3.63, 3.8) is 0 Å². The number of ether oxygens (including phenoxy) is 1. The van der Waals surface area contributed by atoms with Gasteiger partial charge in [-0.05, 0) is 48.4 Å². The molecule has 0 heterocycles. The van der Waals surface area contributed by atoms with Crippen LogP contribution in [0.15, 0.2) is 48.5 Å². The number of carbonyl (C=O) groups is 1. The van der Waals surface area contributed by atoms with Gasteiger partial charge in [0.1, 0.15) is 6.61 Å². The molecule has 0 spiro atoms. The van der Waals surface area contributed by atoms with Crippen LogP contribution in [0.3, 0.4) is 0 Å². The van der Waals surface area contributed by atoms with Crippen LogP contribution >= 0.6 is 11.6 Å². The van der Waals surface area contributed by atoms with E-state index in [2.05, 4.69) is 0 Å². The van der Waals surface area contributed by atoms with Crippen molar-refractivity contribution in [2.24, 2.45) is 5.73 Å². The number of halogens is 1. The van der Waals surface area contributed by atoms with Gasteiger partial charge >= 0.3 is 5.97 Å². The zero-order chi connectivity index (χ0) is 14.4. The van der Waals surface area contributed by atoms with Gasteiger partial charge in [-0.3, -0.25) is 0 Å². The lowest BCUT2D eigenvalue weighted by Gasteiger charge is -2.06. The van der Waals surface area contributed by atoms with Crippen molar-refractivity contribution in [1.29, 1.82) is 0 Å². The maximum Gasteiger partial charge on any atom is 0.338 e. The summed E-state index contributed by atoms with van der Waals surface area (Å²) < 4.78 is 5.27. The molecule has 2 N–H and O–H groups in total. The van der Waals surface area contributed by atoms with Crippen molar-refractivity contribution in [3.05, 3.63) is 70.2 Å². The van der Waals surface area contributed by atoms with E-state index in [1.807, 2.05) is 30.3 Å². The maximum absolute atomic E-state index is 12.0. The van der Waals surface area contributed by atoms with E-state index in [1.54, 1.807) is 18.2 Å². The Labute approximate surface area is 123 Å². The smallest absolute Gasteiger partial charge is 0.338 e. The van der Waals surface area contributed by atoms with Gasteiger partial charge in [-0.1, -0.05) is 35.9 Å². The van der Waals surface area contributed by atoms with Crippen molar-refractivity contribution in [2.45, 2.75) is 13.0 Å². The molecular weight excluding hydrogens is 274 g/mol. The monoisotopic (exact) mass is 289 g/mol. The molecule has 0 amide bonds. The minimum atomic E-state index is -0.344. The molecule has 20 heavy (non-hydrogen) atoms. The highest BCUT2D eigenvalue weighted by Crippen LogP contribution is 2.13. The second kappa shape index (κ2) is 7.08. The van der Waals surface area contributed by atoms with E-state index in [1.165, 1.54) is 0 Å². The van der Waals surface area contributed by atoms with Crippen LogP contribution in [0.25, 0.3) is 0 Å². The molecule has 0 atom stereocenters. The van der Waals surface area contributed by atoms with E-state index in [-0.39, 0.29) is 12.6 Å². The Morgan fingerprint density at radius 1 is 1.10 bits per heavy atom. The third-order valence-corrected chi connectivity index (χ3v) is 3.09. The van der Waals surface area contributed by atoms with Crippen molar-refractivity contribution < 1.29 is 9.53 Å². The molecule has 0 aromatic heterocycles. The number of nitrogens with two attached hydrogens (primary N) is 1. The molecule has 0 aliphatic rings. The summed E-state index contributed by atoms with van der Waals surface area (Å²) in [5, 5.41) is 0.628. The molecule has 0 unspecified atom stereocenters. The Morgan fingerprint density at radius 2 is 1.85 bits per heavy atom. The van der Waals surface area contributed by atoms with Gasteiger partial charge in [-0.25, -0.2) is 4.79 Å². The average Bonchev–Trinajstić information content (AvgIpc) is 2.45. The quantitative estimate of drug-likeness (QED) is 0.860. The molecule has 2 aromatic rings. The lowest BCUT2D eigenvalue weighted by Crippen LogP contribution is -2.07. The Bertz CT molecular complexity index is 599. The highest BCUT2D eigenvalue weighted by atomic mass is 35.5. The van der Waals surface area contributed by atoms with E-state index >= 15 is 0 Å². The summed E-state index contributed by atoms with van der Waals surface area (Å²) in [4.78, 5) is 12.0. The fourth-order valence-corrected chi connectivity index (χ4v) is 2.09. The minimum Gasteiger partial charge on any atom is -0.457 e. The summed E-state index contributed by atoms with van der Waals surface area (Å²) in [6.45, 7) is 0.765. The van der Waals surface area contributed by atoms with Crippen LogP contribution in [0.1, 0.15) is 21.5 Å². The molecule has 0 radical (unpaired) electrons. The second-order valence-electron chi connectivity index (χ2n) is 4.45. The molecule has 2 rings (SSSR count). The molecule has 2 aromatic carbocycles. The molecule has 0 fully saturated rings. The standard InChI is InChI=1S/C16H16ClNO2/c17-15-6-2-4-13(10-15)11-20-16(19)14-5-1-3-12(9-14)7-8-18/h1-6,9-10H,7-8,11,18H2. The Kier molecular flexibility index (Phi) is 5.16. The van der Waals surface area contributed by atoms with Crippen LogP contribution < -0.4 is 5.73 Å². The first kappa shape index (κ1) is 14.6. The van der Waals surface area contributed by atoms with Gasteiger partial charge in [0.05, 0.1) is 5.56 Å².